The fraction of sp³-hybridized carbons (Fsp3) is 0.111. The highest BCUT2D eigenvalue weighted by Gasteiger charge is 2.30. The molecule has 100 valence electrons. The molecule has 2 heteroatoms. The Morgan fingerprint density at radius 1 is 0.750 bits per heavy atom. The third-order valence-corrected chi connectivity index (χ3v) is 6.69. The third kappa shape index (κ3) is 2.30. The van der Waals surface area contributed by atoms with E-state index in [0.717, 1.165) is 28.8 Å². The first-order valence-electron chi connectivity index (χ1n) is 6.90. The van der Waals surface area contributed by atoms with E-state index >= 15 is 0 Å². The van der Waals surface area contributed by atoms with E-state index in [0.29, 0.717) is 0 Å². The van der Waals surface area contributed by atoms with Gasteiger partial charge in [0.25, 0.3) is 0 Å². The van der Waals surface area contributed by atoms with Crippen LogP contribution >= 0.6 is 7.14 Å². The van der Waals surface area contributed by atoms with Crippen LogP contribution in [0.1, 0.15) is 12.8 Å². The van der Waals surface area contributed by atoms with Gasteiger partial charge in [-0.1, -0.05) is 78.9 Å². The molecule has 0 bridgehead atoms. The lowest BCUT2D eigenvalue weighted by Crippen LogP contribution is -2.17. The molecule has 0 radical (unpaired) electrons. The minimum atomic E-state index is -2.73. The van der Waals surface area contributed by atoms with Crippen molar-refractivity contribution in [1.82, 2.24) is 0 Å². The molecular weight excluding hydrogens is 263 g/mol. The maximum atomic E-state index is 13.9. The summed E-state index contributed by atoms with van der Waals surface area (Å²) in [6.45, 7) is 0. The molecule has 0 aliphatic heterocycles. The molecule has 1 aliphatic rings. The minimum Gasteiger partial charge on any atom is -0.309 e. The van der Waals surface area contributed by atoms with Crippen LogP contribution in [-0.2, 0) is 4.57 Å². The maximum Gasteiger partial charge on any atom is 0.170 e. The van der Waals surface area contributed by atoms with Crippen LogP contribution in [0.25, 0.3) is 0 Å². The van der Waals surface area contributed by atoms with Crippen molar-refractivity contribution in [2.75, 3.05) is 0 Å². The summed E-state index contributed by atoms with van der Waals surface area (Å²) >= 11 is 0. The Balaban J connectivity index is 2.21. The second-order valence-electron chi connectivity index (χ2n) is 4.89. The van der Waals surface area contributed by atoms with Crippen molar-refractivity contribution < 1.29 is 4.57 Å². The zero-order valence-corrected chi connectivity index (χ0v) is 12.2. The number of hydrogen-bond acceptors (Lipinski definition) is 1. The van der Waals surface area contributed by atoms with Gasteiger partial charge in [-0.05, 0) is 12.8 Å². The molecule has 1 nitrogen and oxygen atoms in total. The van der Waals surface area contributed by atoms with Gasteiger partial charge in [-0.3, -0.25) is 0 Å². The molecule has 0 atom stereocenters. The minimum absolute atomic E-state index is 0.906. The van der Waals surface area contributed by atoms with E-state index in [9.17, 15) is 4.57 Å². The Morgan fingerprint density at radius 2 is 1.30 bits per heavy atom. The second kappa shape index (κ2) is 5.64. The molecule has 1 aliphatic carbocycles. The predicted octanol–water partition coefficient (Wildman–Crippen LogP) is 4.23. The molecule has 0 saturated carbocycles. The fourth-order valence-corrected chi connectivity index (χ4v) is 5.34. The van der Waals surface area contributed by atoms with Crippen molar-refractivity contribution in [3.8, 4) is 0 Å². The molecule has 0 aromatic heterocycles. The van der Waals surface area contributed by atoms with Crippen LogP contribution in [0, 0.1) is 0 Å². The van der Waals surface area contributed by atoms with E-state index in [1.165, 1.54) is 0 Å². The highest BCUT2D eigenvalue weighted by molar-refractivity contribution is 7.82. The molecule has 20 heavy (non-hydrogen) atoms. The monoisotopic (exact) mass is 280 g/mol. The highest BCUT2D eigenvalue weighted by Crippen LogP contribution is 2.53. The lowest BCUT2D eigenvalue weighted by atomic mass is 10.2. The van der Waals surface area contributed by atoms with Crippen molar-refractivity contribution in [2.24, 2.45) is 0 Å². The summed E-state index contributed by atoms with van der Waals surface area (Å²) < 4.78 is 13.9. The first kappa shape index (κ1) is 13.1. The summed E-state index contributed by atoms with van der Waals surface area (Å²) in [5.41, 5.74) is 0. The first-order valence-corrected chi connectivity index (χ1v) is 8.61. The molecule has 0 saturated heterocycles. The Labute approximate surface area is 120 Å². The normalized spacial score (nSPS) is 14.9. The van der Waals surface area contributed by atoms with Crippen molar-refractivity contribution in [1.29, 1.82) is 0 Å². The lowest BCUT2D eigenvalue weighted by molar-refractivity contribution is 0.591. The number of allylic oxidation sites excluding steroid dienone is 4. The predicted molar refractivity (Wildman–Crippen MR) is 86.2 cm³/mol. The Hall–Kier alpha value is -1.85. The highest BCUT2D eigenvalue weighted by atomic mass is 31.2. The van der Waals surface area contributed by atoms with Crippen LogP contribution in [0.5, 0.6) is 0 Å². The van der Waals surface area contributed by atoms with Gasteiger partial charge < -0.3 is 4.57 Å². The molecule has 0 fully saturated rings. The quantitative estimate of drug-likeness (QED) is 0.769. The summed E-state index contributed by atoms with van der Waals surface area (Å²) in [6.07, 6.45) is 8.28. The second-order valence-corrected chi connectivity index (χ2v) is 7.66. The number of benzene rings is 2. The van der Waals surface area contributed by atoms with Crippen LogP contribution in [0.2, 0.25) is 0 Å². The summed E-state index contributed by atoms with van der Waals surface area (Å²) in [4.78, 5) is 0. The molecule has 2 aromatic carbocycles. The summed E-state index contributed by atoms with van der Waals surface area (Å²) in [7, 11) is -2.73. The van der Waals surface area contributed by atoms with Gasteiger partial charge in [0.15, 0.2) is 7.14 Å². The molecule has 0 heterocycles. The van der Waals surface area contributed by atoms with E-state index in [2.05, 4.69) is 12.2 Å². The van der Waals surface area contributed by atoms with Gasteiger partial charge in [-0.15, -0.1) is 0 Å². The van der Waals surface area contributed by atoms with Crippen LogP contribution in [0.4, 0.5) is 0 Å². The van der Waals surface area contributed by atoms with Gasteiger partial charge >= 0.3 is 0 Å². The van der Waals surface area contributed by atoms with Crippen molar-refractivity contribution in [3.63, 3.8) is 0 Å². The first-order chi connectivity index (χ1) is 9.82. The average molecular weight is 280 g/mol. The fourth-order valence-electron chi connectivity index (χ4n) is 2.56. The van der Waals surface area contributed by atoms with Crippen molar-refractivity contribution in [2.45, 2.75) is 12.8 Å². The Morgan fingerprint density at radius 3 is 1.75 bits per heavy atom. The zero-order chi connectivity index (χ0) is 13.8. The van der Waals surface area contributed by atoms with E-state index in [4.69, 9.17) is 0 Å². The molecule has 3 rings (SSSR count). The SMILES string of the molecule is O=P(C1=CCCC=C1)(c1ccccc1)c1ccccc1. The average Bonchev–Trinajstić information content (AvgIpc) is 2.56. The van der Waals surface area contributed by atoms with Gasteiger partial charge in [0.1, 0.15) is 0 Å². The van der Waals surface area contributed by atoms with Gasteiger partial charge in [-0.25, -0.2) is 0 Å². The van der Waals surface area contributed by atoms with Gasteiger partial charge in [0, 0.05) is 15.9 Å². The third-order valence-electron chi connectivity index (χ3n) is 3.58. The maximum absolute atomic E-state index is 13.9. The Bertz CT molecular complexity index is 640. The topological polar surface area (TPSA) is 17.1 Å². The van der Waals surface area contributed by atoms with E-state index in [1.807, 2.05) is 66.7 Å². The summed E-state index contributed by atoms with van der Waals surface area (Å²) in [6, 6.07) is 19.6. The Kier molecular flexibility index (Phi) is 3.71. The smallest absolute Gasteiger partial charge is 0.170 e. The molecule has 2 aromatic rings. The van der Waals surface area contributed by atoms with Crippen molar-refractivity contribution in [3.05, 3.63) is 84.2 Å². The lowest BCUT2D eigenvalue weighted by Gasteiger charge is -2.22. The summed E-state index contributed by atoms with van der Waals surface area (Å²) in [5.74, 6) is 0. The number of rotatable bonds is 3. The van der Waals surface area contributed by atoms with Crippen LogP contribution < -0.4 is 10.6 Å². The van der Waals surface area contributed by atoms with E-state index < -0.39 is 7.14 Å². The zero-order valence-electron chi connectivity index (χ0n) is 11.3. The van der Waals surface area contributed by atoms with Crippen molar-refractivity contribution >= 4 is 17.8 Å². The molecule has 0 amide bonds. The largest absolute Gasteiger partial charge is 0.309 e. The summed E-state index contributed by atoms with van der Waals surface area (Å²) in [5, 5.41) is 2.77. The van der Waals surface area contributed by atoms with Crippen LogP contribution in [0.15, 0.2) is 84.2 Å². The van der Waals surface area contributed by atoms with Gasteiger partial charge in [0.05, 0.1) is 0 Å². The van der Waals surface area contributed by atoms with E-state index in [1.54, 1.807) is 0 Å². The van der Waals surface area contributed by atoms with Gasteiger partial charge in [-0.2, -0.15) is 0 Å². The molecular formula is C18H17OP. The van der Waals surface area contributed by atoms with Crippen LogP contribution in [-0.4, -0.2) is 0 Å². The molecule has 0 unspecified atom stereocenters. The van der Waals surface area contributed by atoms with Gasteiger partial charge in [0.2, 0.25) is 0 Å². The molecule has 0 spiro atoms. The number of hydrogen-bond donors (Lipinski definition) is 0. The van der Waals surface area contributed by atoms with Crippen LogP contribution in [0.3, 0.4) is 0 Å². The molecule has 0 N–H and O–H groups in total. The van der Waals surface area contributed by atoms with E-state index in [-0.39, 0.29) is 0 Å². The standard InChI is InChI=1S/C18H17OP/c19-20(16-10-4-1-5-11-16,17-12-6-2-7-13-17)18-14-8-3-9-15-18/h1-2,4-8,10-15H,3,9H2.